The topological polar surface area (TPSA) is 89.6 Å². The van der Waals surface area contributed by atoms with Crippen molar-refractivity contribution in [3.8, 4) is 0 Å². The molecule has 0 fully saturated rings. The summed E-state index contributed by atoms with van der Waals surface area (Å²) in [4.78, 5) is 18.0. The van der Waals surface area contributed by atoms with Crippen molar-refractivity contribution in [1.82, 2.24) is 19.9 Å². The second kappa shape index (κ2) is 5.93. The van der Waals surface area contributed by atoms with Gasteiger partial charge in [-0.2, -0.15) is 4.98 Å². The molecule has 3 N–H and O–H groups in total. The minimum absolute atomic E-state index is 0.0578. The van der Waals surface area contributed by atoms with Crippen molar-refractivity contribution < 1.29 is 0 Å². The van der Waals surface area contributed by atoms with E-state index in [1.165, 1.54) is 0 Å². The van der Waals surface area contributed by atoms with Crippen molar-refractivity contribution in [3.05, 3.63) is 35.0 Å². The maximum atomic E-state index is 5.79. The monoisotopic (exact) mass is 340 g/mol. The minimum Gasteiger partial charge on any atom is -0.368 e. The van der Waals surface area contributed by atoms with Crippen LogP contribution in [0.1, 0.15) is 69.9 Å². The molecule has 0 aliphatic heterocycles. The highest BCUT2D eigenvalue weighted by atomic mass is 15.1. The number of nitrogens with one attached hydrogen (secondary N) is 1. The van der Waals surface area contributed by atoms with Gasteiger partial charge in [0.1, 0.15) is 11.6 Å². The first-order chi connectivity index (χ1) is 11.5. The normalized spacial score (nSPS) is 19.4. The Kier molecular flexibility index (Phi) is 4.17. The van der Waals surface area contributed by atoms with Crippen LogP contribution in [-0.4, -0.2) is 19.9 Å². The van der Waals surface area contributed by atoms with Crippen LogP contribution in [0, 0.1) is 12.3 Å². The van der Waals surface area contributed by atoms with Crippen molar-refractivity contribution in [1.29, 1.82) is 0 Å². The van der Waals surface area contributed by atoms with Crippen molar-refractivity contribution in [2.45, 2.75) is 65.8 Å². The molecule has 1 atom stereocenters. The standard InChI is InChI=1S/C19H28N6/c1-11-7-15(25-17(20)22-11)23-13-8-19(5,6)9-14-12(13)10-21-16(24-14)18(2,3)4/h7,10,13H,8-9H2,1-6H3,(H3,20,22,23,25). The van der Waals surface area contributed by atoms with Gasteiger partial charge in [0.2, 0.25) is 5.95 Å². The van der Waals surface area contributed by atoms with Gasteiger partial charge >= 0.3 is 0 Å². The number of rotatable bonds is 2. The molecule has 6 heteroatoms. The lowest BCUT2D eigenvalue weighted by atomic mass is 9.74. The predicted octanol–water partition coefficient (Wildman–Crippen LogP) is 3.58. The molecule has 134 valence electrons. The predicted molar refractivity (Wildman–Crippen MR) is 100 cm³/mol. The lowest BCUT2D eigenvalue weighted by Crippen LogP contribution is -2.32. The minimum atomic E-state index is -0.0578. The molecule has 0 saturated carbocycles. The van der Waals surface area contributed by atoms with Crippen molar-refractivity contribution in [2.24, 2.45) is 5.41 Å². The second-order valence-corrected chi connectivity index (χ2v) is 8.84. The van der Waals surface area contributed by atoms with E-state index < -0.39 is 0 Å². The Labute approximate surface area is 149 Å². The first kappa shape index (κ1) is 17.6. The summed E-state index contributed by atoms with van der Waals surface area (Å²) in [5, 5.41) is 3.52. The van der Waals surface area contributed by atoms with E-state index in [0.29, 0.717) is 0 Å². The van der Waals surface area contributed by atoms with E-state index in [-0.39, 0.29) is 22.8 Å². The number of hydrogen-bond donors (Lipinski definition) is 2. The number of aromatic nitrogens is 4. The maximum Gasteiger partial charge on any atom is 0.222 e. The highest BCUT2D eigenvalue weighted by Crippen LogP contribution is 2.41. The first-order valence-electron chi connectivity index (χ1n) is 8.77. The number of nitrogen functional groups attached to an aromatic ring is 1. The second-order valence-electron chi connectivity index (χ2n) is 8.84. The van der Waals surface area contributed by atoms with Crippen LogP contribution >= 0.6 is 0 Å². The largest absolute Gasteiger partial charge is 0.368 e. The average molecular weight is 340 g/mol. The zero-order chi connectivity index (χ0) is 18.4. The van der Waals surface area contributed by atoms with Crippen LogP contribution in [0.3, 0.4) is 0 Å². The molecule has 0 radical (unpaired) electrons. The third-order valence-corrected chi connectivity index (χ3v) is 4.54. The molecule has 1 aliphatic rings. The van der Waals surface area contributed by atoms with Crippen molar-refractivity contribution in [2.75, 3.05) is 11.1 Å². The van der Waals surface area contributed by atoms with Gasteiger partial charge in [0.05, 0.1) is 6.04 Å². The van der Waals surface area contributed by atoms with Crippen LogP contribution < -0.4 is 11.1 Å². The summed E-state index contributed by atoms with van der Waals surface area (Å²) >= 11 is 0. The Morgan fingerprint density at radius 1 is 1.20 bits per heavy atom. The smallest absolute Gasteiger partial charge is 0.222 e. The fourth-order valence-electron chi connectivity index (χ4n) is 3.38. The summed E-state index contributed by atoms with van der Waals surface area (Å²) in [6.45, 7) is 12.9. The molecule has 3 rings (SSSR count). The van der Waals surface area contributed by atoms with Gasteiger partial charge in [0, 0.05) is 34.6 Å². The summed E-state index contributed by atoms with van der Waals surface area (Å²) in [7, 11) is 0. The Balaban J connectivity index is 1.98. The number of nitrogens with zero attached hydrogens (tertiary/aromatic N) is 4. The van der Waals surface area contributed by atoms with Crippen molar-refractivity contribution >= 4 is 11.8 Å². The quantitative estimate of drug-likeness (QED) is 0.868. The molecule has 0 aromatic carbocycles. The number of anilines is 2. The summed E-state index contributed by atoms with van der Waals surface area (Å²) in [6, 6.07) is 2.03. The van der Waals surface area contributed by atoms with E-state index in [4.69, 9.17) is 10.7 Å². The lowest BCUT2D eigenvalue weighted by Gasteiger charge is -2.37. The molecule has 0 bridgehead atoms. The van der Waals surface area contributed by atoms with Gasteiger partial charge in [-0.05, 0) is 25.2 Å². The molecule has 6 nitrogen and oxygen atoms in total. The lowest BCUT2D eigenvalue weighted by molar-refractivity contribution is 0.284. The van der Waals surface area contributed by atoms with E-state index in [0.717, 1.165) is 41.4 Å². The molecule has 2 heterocycles. The molecule has 2 aromatic heterocycles. The van der Waals surface area contributed by atoms with Gasteiger partial charge < -0.3 is 11.1 Å². The molecule has 0 amide bonds. The highest BCUT2D eigenvalue weighted by Gasteiger charge is 2.34. The fraction of sp³-hybridized carbons (Fsp3) is 0.579. The highest BCUT2D eigenvalue weighted by molar-refractivity contribution is 5.44. The SMILES string of the molecule is Cc1cc(NC2CC(C)(C)Cc3nc(C(C)(C)C)ncc32)nc(N)n1. The van der Waals surface area contributed by atoms with Crippen LogP contribution in [-0.2, 0) is 11.8 Å². The van der Waals surface area contributed by atoms with Gasteiger partial charge in [0.25, 0.3) is 0 Å². The first-order valence-corrected chi connectivity index (χ1v) is 8.77. The van der Waals surface area contributed by atoms with E-state index in [2.05, 4.69) is 54.9 Å². The number of fused-ring (bicyclic) bond motifs is 1. The van der Waals surface area contributed by atoms with Gasteiger partial charge in [-0.15, -0.1) is 0 Å². The fourth-order valence-corrected chi connectivity index (χ4v) is 3.38. The Hall–Kier alpha value is -2.24. The zero-order valence-corrected chi connectivity index (χ0v) is 16.0. The molecule has 2 aromatic rings. The summed E-state index contributed by atoms with van der Waals surface area (Å²) < 4.78 is 0. The van der Waals surface area contributed by atoms with E-state index in [9.17, 15) is 0 Å². The third-order valence-electron chi connectivity index (χ3n) is 4.54. The van der Waals surface area contributed by atoms with Crippen molar-refractivity contribution in [3.63, 3.8) is 0 Å². The summed E-state index contributed by atoms with van der Waals surface area (Å²) in [5.74, 6) is 1.93. The Bertz CT molecular complexity index is 771. The van der Waals surface area contributed by atoms with E-state index in [1.807, 2.05) is 19.2 Å². The Morgan fingerprint density at radius 2 is 1.92 bits per heavy atom. The number of aryl methyl sites for hydroxylation is 1. The van der Waals surface area contributed by atoms with Gasteiger partial charge in [0.15, 0.2) is 0 Å². The van der Waals surface area contributed by atoms with Crippen LogP contribution in [0.15, 0.2) is 12.3 Å². The van der Waals surface area contributed by atoms with Gasteiger partial charge in [-0.3, -0.25) is 0 Å². The molecule has 0 saturated heterocycles. The molecular formula is C19H28N6. The number of nitrogens with two attached hydrogens (primary N) is 1. The Morgan fingerprint density at radius 3 is 2.56 bits per heavy atom. The average Bonchev–Trinajstić information content (AvgIpc) is 2.43. The zero-order valence-electron chi connectivity index (χ0n) is 16.0. The van der Waals surface area contributed by atoms with E-state index in [1.54, 1.807) is 0 Å². The molecule has 25 heavy (non-hydrogen) atoms. The van der Waals surface area contributed by atoms with Gasteiger partial charge in [-0.1, -0.05) is 34.6 Å². The van der Waals surface area contributed by atoms with Crippen LogP contribution in [0.2, 0.25) is 0 Å². The summed E-state index contributed by atoms with van der Waals surface area (Å²) in [6.07, 6.45) is 3.92. The maximum absolute atomic E-state index is 5.79. The van der Waals surface area contributed by atoms with Crippen LogP contribution in [0.5, 0.6) is 0 Å². The van der Waals surface area contributed by atoms with Crippen LogP contribution in [0.4, 0.5) is 11.8 Å². The molecule has 1 aliphatic carbocycles. The summed E-state index contributed by atoms with van der Waals surface area (Å²) in [5.41, 5.74) is 9.03. The van der Waals surface area contributed by atoms with Crippen LogP contribution in [0.25, 0.3) is 0 Å². The molecule has 0 spiro atoms. The molecule has 1 unspecified atom stereocenters. The van der Waals surface area contributed by atoms with Gasteiger partial charge in [-0.25, -0.2) is 15.0 Å². The number of hydrogen-bond acceptors (Lipinski definition) is 6. The third kappa shape index (κ3) is 3.89. The van der Waals surface area contributed by atoms with E-state index >= 15 is 0 Å². The molecular weight excluding hydrogens is 312 g/mol.